The fourth-order valence-corrected chi connectivity index (χ4v) is 3.89. The first-order valence-electron chi connectivity index (χ1n) is 9.53. The molecule has 1 saturated heterocycles. The number of anilines is 1. The Bertz CT molecular complexity index is 575. The molecule has 3 rings (SSSR count). The van der Waals surface area contributed by atoms with Crippen molar-refractivity contribution >= 4 is 36.4 Å². The summed E-state index contributed by atoms with van der Waals surface area (Å²) < 4.78 is 5.38. The van der Waals surface area contributed by atoms with Gasteiger partial charge in [0, 0.05) is 30.9 Å². The highest BCUT2D eigenvalue weighted by atomic mass is 35.5. The third-order valence-electron chi connectivity index (χ3n) is 5.61. The van der Waals surface area contributed by atoms with Crippen LogP contribution >= 0.6 is 24.8 Å². The van der Waals surface area contributed by atoms with E-state index in [1.807, 2.05) is 19.1 Å². The quantitative estimate of drug-likeness (QED) is 0.771. The molecular formula is C20H33Cl2N3O2. The van der Waals surface area contributed by atoms with Crippen molar-refractivity contribution in [2.24, 2.45) is 11.7 Å². The Hall–Kier alpha value is -0.850. The van der Waals surface area contributed by atoms with Gasteiger partial charge >= 0.3 is 0 Å². The Morgan fingerprint density at radius 1 is 1.22 bits per heavy atom. The number of nitrogens with one attached hydrogen (secondary N) is 1. The number of halogens is 2. The fraction of sp³-hybridized carbons (Fsp3) is 0.650. The van der Waals surface area contributed by atoms with E-state index in [2.05, 4.69) is 22.3 Å². The molecule has 1 aromatic rings. The monoisotopic (exact) mass is 417 g/mol. The molecule has 1 saturated carbocycles. The molecule has 0 spiro atoms. The van der Waals surface area contributed by atoms with Gasteiger partial charge in [-0.1, -0.05) is 25.0 Å². The summed E-state index contributed by atoms with van der Waals surface area (Å²) in [5, 5.41) is 3.05. The van der Waals surface area contributed by atoms with Gasteiger partial charge in [0.25, 0.3) is 0 Å². The van der Waals surface area contributed by atoms with Crippen molar-refractivity contribution in [2.75, 3.05) is 38.2 Å². The number of rotatable bonds is 5. The normalized spacial score (nSPS) is 25.8. The molecule has 27 heavy (non-hydrogen) atoms. The molecule has 5 nitrogen and oxygen atoms in total. The summed E-state index contributed by atoms with van der Waals surface area (Å²) in [6.45, 7) is 6.78. The average Bonchev–Trinajstić information content (AvgIpc) is 2.61. The predicted octanol–water partition coefficient (Wildman–Crippen LogP) is 3.25. The Balaban J connectivity index is 0.00000182. The van der Waals surface area contributed by atoms with Crippen LogP contribution in [0.15, 0.2) is 24.3 Å². The molecule has 0 aromatic heterocycles. The molecule has 1 aromatic carbocycles. The number of nitrogens with zero attached hydrogens (tertiary/aromatic N) is 1. The van der Waals surface area contributed by atoms with Gasteiger partial charge in [-0.05, 0) is 43.9 Å². The second kappa shape index (κ2) is 11.2. The first kappa shape index (κ1) is 24.2. The minimum Gasteiger partial charge on any atom is -0.379 e. The van der Waals surface area contributed by atoms with Gasteiger partial charge in [0.1, 0.15) is 0 Å². The zero-order chi connectivity index (χ0) is 17.7. The van der Waals surface area contributed by atoms with Crippen LogP contribution in [0.5, 0.6) is 0 Å². The lowest BCUT2D eigenvalue weighted by molar-refractivity contribution is -0.122. The summed E-state index contributed by atoms with van der Waals surface area (Å²) in [7, 11) is 0. The van der Waals surface area contributed by atoms with Crippen LogP contribution in [-0.4, -0.2) is 49.2 Å². The minimum absolute atomic E-state index is 0. The van der Waals surface area contributed by atoms with E-state index in [1.165, 1.54) is 5.56 Å². The third kappa shape index (κ3) is 6.91. The van der Waals surface area contributed by atoms with Crippen molar-refractivity contribution in [3.8, 4) is 0 Å². The topological polar surface area (TPSA) is 67.6 Å². The molecule has 3 N–H and O–H groups in total. The smallest absolute Gasteiger partial charge is 0.229 e. The molecule has 2 fully saturated rings. The van der Waals surface area contributed by atoms with Crippen molar-refractivity contribution in [2.45, 2.75) is 44.6 Å². The molecule has 0 bridgehead atoms. The molecular weight excluding hydrogens is 385 g/mol. The lowest BCUT2D eigenvalue weighted by Gasteiger charge is -2.37. The lowest BCUT2D eigenvalue weighted by Crippen LogP contribution is -2.51. The molecule has 7 heteroatoms. The second-order valence-corrected chi connectivity index (χ2v) is 7.69. The van der Waals surface area contributed by atoms with E-state index in [1.54, 1.807) is 0 Å². The molecule has 0 radical (unpaired) electrons. The van der Waals surface area contributed by atoms with Crippen LogP contribution in [0.3, 0.4) is 0 Å². The number of hydrogen-bond acceptors (Lipinski definition) is 4. The van der Waals surface area contributed by atoms with Crippen LogP contribution in [0.25, 0.3) is 0 Å². The maximum absolute atomic E-state index is 12.6. The summed E-state index contributed by atoms with van der Waals surface area (Å²) in [5.41, 5.74) is 8.11. The van der Waals surface area contributed by atoms with Crippen molar-refractivity contribution in [1.82, 2.24) is 4.90 Å². The van der Waals surface area contributed by atoms with E-state index < -0.39 is 0 Å². The molecule has 1 aliphatic carbocycles. The molecule has 1 aliphatic heterocycles. The number of hydrogen-bond donors (Lipinski definition) is 2. The fourth-order valence-electron chi connectivity index (χ4n) is 3.89. The van der Waals surface area contributed by atoms with Gasteiger partial charge in [0.05, 0.1) is 19.1 Å². The molecule has 2 aliphatic rings. The number of carbonyl (C=O) groups excluding carboxylic acids is 1. The summed E-state index contributed by atoms with van der Waals surface area (Å²) >= 11 is 0. The third-order valence-corrected chi connectivity index (χ3v) is 5.61. The molecule has 2 unspecified atom stereocenters. The standard InChI is InChI=1S/C20H31N3O2.2ClH/c1-20(21)10-3-2-4-18(20)19(24)22-17-7-5-16(6-8-17)9-11-23-12-14-25-15-13-23;;/h5-8,18H,2-4,9-15,21H2,1H3,(H,22,24);2*1H. The highest BCUT2D eigenvalue weighted by Gasteiger charge is 2.37. The first-order valence-corrected chi connectivity index (χ1v) is 9.53. The summed E-state index contributed by atoms with van der Waals surface area (Å²) in [6, 6.07) is 8.23. The number of carbonyl (C=O) groups is 1. The highest BCUT2D eigenvalue weighted by Crippen LogP contribution is 2.32. The van der Waals surface area contributed by atoms with Crippen LogP contribution in [0.1, 0.15) is 38.2 Å². The van der Waals surface area contributed by atoms with Gasteiger partial charge < -0.3 is 15.8 Å². The number of benzene rings is 1. The first-order chi connectivity index (χ1) is 12.0. The van der Waals surface area contributed by atoms with E-state index in [-0.39, 0.29) is 42.2 Å². The molecule has 1 amide bonds. The van der Waals surface area contributed by atoms with E-state index in [0.717, 1.165) is 70.6 Å². The Kier molecular flexibility index (Phi) is 10.1. The van der Waals surface area contributed by atoms with Crippen LogP contribution in [0.2, 0.25) is 0 Å². The minimum atomic E-state index is -0.388. The summed E-state index contributed by atoms with van der Waals surface area (Å²) in [4.78, 5) is 15.0. The van der Waals surface area contributed by atoms with Gasteiger partial charge in [-0.2, -0.15) is 0 Å². The lowest BCUT2D eigenvalue weighted by atomic mass is 9.74. The second-order valence-electron chi connectivity index (χ2n) is 7.69. The van der Waals surface area contributed by atoms with Crippen LogP contribution in [0.4, 0.5) is 5.69 Å². The number of morpholine rings is 1. The molecule has 154 valence electrons. The van der Waals surface area contributed by atoms with E-state index in [0.29, 0.717) is 0 Å². The number of amides is 1. The zero-order valence-corrected chi connectivity index (χ0v) is 17.7. The van der Waals surface area contributed by atoms with Crippen molar-refractivity contribution in [3.05, 3.63) is 29.8 Å². The van der Waals surface area contributed by atoms with Gasteiger partial charge in [-0.3, -0.25) is 9.69 Å². The largest absolute Gasteiger partial charge is 0.379 e. The predicted molar refractivity (Wildman–Crippen MR) is 115 cm³/mol. The van der Waals surface area contributed by atoms with E-state index in [9.17, 15) is 4.79 Å². The van der Waals surface area contributed by atoms with E-state index >= 15 is 0 Å². The van der Waals surface area contributed by atoms with Gasteiger partial charge in [0.15, 0.2) is 0 Å². The average molecular weight is 418 g/mol. The van der Waals surface area contributed by atoms with E-state index in [4.69, 9.17) is 10.5 Å². The van der Waals surface area contributed by atoms with Gasteiger partial charge in [-0.15, -0.1) is 24.8 Å². The van der Waals surface area contributed by atoms with Crippen LogP contribution < -0.4 is 11.1 Å². The van der Waals surface area contributed by atoms with Gasteiger partial charge in [0.2, 0.25) is 5.91 Å². The highest BCUT2D eigenvalue weighted by molar-refractivity contribution is 5.93. The number of ether oxygens (including phenoxy) is 1. The summed E-state index contributed by atoms with van der Waals surface area (Å²) in [5.74, 6) is -0.0342. The SMILES string of the molecule is CC1(N)CCCCC1C(=O)Nc1ccc(CCN2CCOCC2)cc1.Cl.Cl. The van der Waals surface area contributed by atoms with Gasteiger partial charge in [-0.25, -0.2) is 0 Å². The van der Waals surface area contributed by atoms with Crippen molar-refractivity contribution in [1.29, 1.82) is 0 Å². The summed E-state index contributed by atoms with van der Waals surface area (Å²) in [6.07, 6.45) is 5.04. The Morgan fingerprint density at radius 2 is 1.89 bits per heavy atom. The maximum Gasteiger partial charge on any atom is 0.229 e. The van der Waals surface area contributed by atoms with Crippen LogP contribution in [-0.2, 0) is 16.0 Å². The van der Waals surface area contributed by atoms with Crippen molar-refractivity contribution < 1.29 is 9.53 Å². The molecule has 1 heterocycles. The van der Waals surface area contributed by atoms with Crippen LogP contribution in [0, 0.1) is 5.92 Å². The Morgan fingerprint density at radius 3 is 2.52 bits per heavy atom. The number of nitrogens with two attached hydrogens (primary N) is 1. The maximum atomic E-state index is 12.6. The zero-order valence-electron chi connectivity index (χ0n) is 16.1. The Labute approximate surface area is 175 Å². The molecule has 2 atom stereocenters. The van der Waals surface area contributed by atoms with Crippen molar-refractivity contribution in [3.63, 3.8) is 0 Å².